The number of anilines is 1. The smallest absolute Gasteiger partial charge is 0.185 e. The van der Waals surface area contributed by atoms with Crippen LogP contribution in [0, 0.1) is 6.92 Å². The zero-order valence-electron chi connectivity index (χ0n) is 17.3. The van der Waals surface area contributed by atoms with Crippen molar-refractivity contribution in [3.63, 3.8) is 0 Å². The number of ether oxygens (including phenoxy) is 1. The van der Waals surface area contributed by atoms with Crippen LogP contribution in [-0.2, 0) is 18.3 Å². The molecule has 2 aliphatic heterocycles. The van der Waals surface area contributed by atoms with Crippen molar-refractivity contribution in [2.45, 2.75) is 32.2 Å². The lowest BCUT2D eigenvalue weighted by Crippen LogP contribution is -2.36. The van der Waals surface area contributed by atoms with Crippen molar-refractivity contribution in [3.8, 4) is 0 Å². The lowest BCUT2D eigenvalue weighted by atomic mass is 9.97. The van der Waals surface area contributed by atoms with Gasteiger partial charge in [-0.05, 0) is 38.4 Å². The van der Waals surface area contributed by atoms with Crippen LogP contribution in [0.25, 0.3) is 11.0 Å². The molecule has 1 atom stereocenters. The molecule has 2 fully saturated rings. The molecule has 0 amide bonds. The summed E-state index contributed by atoms with van der Waals surface area (Å²) in [7, 11) is 2.16. The number of imidazole rings is 1. The second-order valence-corrected chi connectivity index (χ2v) is 9.26. The Bertz CT molecular complexity index is 990. The Kier molecular flexibility index (Phi) is 5.28. The quantitative estimate of drug-likeness (QED) is 0.657. The first-order valence-electron chi connectivity index (χ1n) is 10.6. The maximum absolute atomic E-state index is 5.48. The second kappa shape index (κ2) is 8.05. The summed E-state index contributed by atoms with van der Waals surface area (Å²) in [5, 5.41) is 1.16. The number of piperidine rings is 1. The predicted molar refractivity (Wildman–Crippen MR) is 118 cm³/mol. The van der Waals surface area contributed by atoms with E-state index in [1.165, 1.54) is 34.8 Å². The topological polar surface area (TPSA) is 46.4 Å². The third-order valence-corrected chi connectivity index (χ3v) is 7.43. The van der Waals surface area contributed by atoms with Gasteiger partial charge in [-0.2, -0.15) is 0 Å². The monoisotopic (exact) mass is 411 g/mol. The minimum absolute atomic E-state index is 0.494. The number of aromatic nitrogens is 3. The largest absolute Gasteiger partial charge is 0.378 e. The Morgan fingerprint density at radius 2 is 1.97 bits per heavy atom. The number of para-hydroxylation sites is 2. The van der Waals surface area contributed by atoms with Gasteiger partial charge in [-0.3, -0.25) is 4.90 Å². The highest BCUT2D eigenvalue weighted by atomic mass is 32.1. The van der Waals surface area contributed by atoms with Gasteiger partial charge in [0.2, 0.25) is 0 Å². The van der Waals surface area contributed by atoms with E-state index in [9.17, 15) is 0 Å². The average Bonchev–Trinajstić information content (AvgIpc) is 3.29. The van der Waals surface area contributed by atoms with Gasteiger partial charge in [0.05, 0.1) is 29.9 Å². The first-order chi connectivity index (χ1) is 14.2. The van der Waals surface area contributed by atoms with E-state index in [0.29, 0.717) is 5.92 Å². The van der Waals surface area contributed by atoms with Crippen molar-refractivity contribution in [1.82, 2.24) is 19.4 Å². The first-order valence-corrected chi connectivity index (χ1v) is 11.4. The van der Waals surface area contributed by atoms with Crippen molar-refractivity contribution in [2.75, 3.05) is 44.3 Å². The van der Waals surface area contributed by atoms with Crippen molar-refractivity contribution in [1.29, 1.82) is 0 Å². The summed E-state index contributed by atoms with van der Waals surface area (Å²) in [5.41, 5.74) is 3.52. The lowest BCUT2D eigenvalue weighted by Gasteiger charge is -2.32. The Balaban J connectivity index is 1.31. The van der Waals surface area contributed by atoms with Crippen LogP contribution in [0.1, 0.15) is 35.2 Å². The standard InChI is InChI=1S/C22H29N5OS/c1-16-20(29-22(23-16)27-10-12-28-13-11-27)15-26-9-5-6-17(14-26)21-24-18-7-3-4-8-19(18)25(21)2/h3-4,7-8,17H,5-6,9-15H2,1-2H3. The van der Waals surface area contributed by atoms with Gasteiger partial charge in [-0.25, -0.2) is 9.97 Å². The fraction of sp³-hybridized carbons (Fsp3) is 0.545. The summed E-state index contributed by atoms with van der Waals surface area (Å²) in [6.07, 6.45) is 2.44. The van der Waals surface area contributed by atoms with Crippen LogP contribution in [0.5, 0.6) is 0 Å². The van der Waals surface area contributed by atoms with Crippen LogP contribution < -0.4 is 4.90 Å². The molecule has 5 rings (SSSR count). The minimum atomic E-state index is 0.494. The van der Waals surface area contributed by atoms with Crippen LogP contribution in [0.2, 0.25) is 0 Å². The predicted octanol–water partition coefficient (Wildman–Crippen LogP) is 3.55. The molecular weight excluding hydrogens is 382 g/mol. The van der Waals surface area contributed by atoms with E-state index in [1.54, 1.807) is 0 Å². The van der Waals surface area contributed by atoms with Crippen LogP contribution in [0.3, 0.4) is 0 Å². The van der Waals surface area contributed by atoms with Gasteiger partial charge >= 0.3 is 0 Å². The molecule has 29 heavy (non-hydrogen) atoms. The van der Waals surface area contributed by atoms with E-state index in [1.807, 2.05) is 11.3 Å². The normalized spacial score (nSPS) is 21.2. The molecule has 2 aliphatic rings. The van der Waals surface area contributed by atoms with Crippen LogP contribution in [0.15, 0.2) is 24.3 Å². The number of thiazole rings is 1. The molecule has 0 saturated carbocycles. The number of likely N-dealkylation sites (tertiary alicyclic amines) is 1. The number of hydrogen-bond acceptors (Lipinski definition) is 6. The van der Waals surface area contributed by atoms with Gasteiger partial charge < -0.3 is 14.2 Å². The highest BCUT2D eigenvalue weighted by Crippen LogP contribution is 2.32. The number of fused-ring (bicyclic) bond motifs is 1. The summed E-state index contributed by atoms with van der Waals surface area (Å²) in [4.78, 5) is 16.2. The number of morpholine rings is 1. The molecule has 2 aromatic heterocycles. The molecule has 0 bridgehead atoms. The number of hydrogen-bond donors (Lipinski definition) is 0. The summed E-state index contributed by atoms with van der Waals surface area (Å²) in [6, 6.07) is 8.46. The Hall–Kier alpha value is -1.96. The third-order valence-electron chi connectivity index (χ3n) is 6.22. The van der Waals surface area contributed by atoms with Gasteiger partial charge in [0.15, 0.2) is 5.13 Å². The van der Waals surface area contributed by atoms with Gasteiger partial charge in [0.25, 0.3) is 0 Å². The van der Waals surface area contributed by atoms with E-state index in [4.69, 9.17) is 14.7 Å². The van der Waals surface area contributed by atoms with Gasteiger partial charge in [-0.1, -0.05) is 12.1 Å². The van der Waals surface area contributed by atoms with E-state index >= 15 is 0 Å². The van der Waals surface area contributed by atoms with Crippen LogP contribution >= 0.6 is 11.3 Å². The minimum Gasteiger partial charge on any atom is -0.378 e. The molecule has 1 aromatic carbocycles. The first kappa shape index (κ1) is 19.0. The molecule has 1 unspecified atom stereocenters. The zero-order chi connectivity index (χ0) is 19.8. The van der Waals surface area contributed by atoms with Crippen molar-refractivity contribution in [2.24, 2.45) is 7.05 Å². The molecule has 0 N–H and O–H groups in total. The molecular formula is C22H29N5OS. The molecule has 0 aliphatic carbocycles. The lowest BCUT2D eigenvalue weighted by molar-refractivity contribution is 0.122. The highest BCUT2D eigenvalue weighted by Gasteiger charge is 2.26. The highest BCUT2D eigenvalue weighted by molar-refractivity contribution is 7.15. The van der Waals surface area contributed by atoms with Crippen molar-refractivity contribution >= 4 is 27.5 Å². The fourth-order valence-electron chi connectivity index (χ4n) is 4.59. The summed E-state index contributed by atoms with van der Waals surface area (Å²) in [5.74, 6) is 1.72. The number of rotatable bonds is 4. The van der Waals surface area contributed by atoms with Gasteiger partial charge in [-0.15, -0.1) is 11.3 Å². The SMILES string of the molecule is Cc1nc(N2CCOCC2)sc1CN1CCCC(c2nc3ccccc3n2C)C1. The summed E-state index contributed by atoms with van der Waals surface area (Å²) < 4.78 is 7.77. The van der Waals surface area contributed by atoms with Crippen LogP contribution in [0.4, 0.5) is 5.13 Å². The van der Waals surface area contributed by atoms with Crippen molar-refractivity contribution in [3.05, 3.63) is 40.7 Å². The van der Waals surface area contributed by atoms with Gasteiger partial charge in [0, 0.05) is 44.0 Å². The molecule has 0 radical (unpaired) electrons. The Morgan fingerprint density at radius 1 is 1.14 bits per heavy atom. The molecule has 154 valence electrons. The van der Waals surface area contributed by atoms with Crippen LogP contribution in [-0.4, -0.2) is 58.8 Å². The number of aryl methyl sites for hydroxylation is 2. The molecule has 4 heterocycles. The fourth-order valence-corrected chi connectivity index (χ4v) is 5.75. The maximum atomic E-state index is 5.48. The molecule has 0 spiro atoms. The Labute approximate surface area is 176 Å². The number of benzene rings is 1. The van der Waals surface area contributed by atoms with E-state index in [0.717, 1.165) is 56.6 Å². The number of nitrogens with zero attached hydrogens (tertiary/aromatic N) is 5. The summed E-state index contributed by atoms with van der Waals surface area (Å²) >= 11 is 1.86. The van der Waals surface area contributed by atoms with E-state index in [2.05, 4.69) is 52.6 Å². The summed E-state index contributed by atoms with van der Waals surface area (Å²) in [6.45, 7) is 8.89. The second-order valence-electron chi connectivity index (χ2n) is 8.20. The third kappa shape index (κ3) is 3.79. The maximum Gasteiger partial charge on any atom is 0.185 e. The van der Waals surface area contributed by atoms with Gasteiger partial charge in [0.1, 0.15) is 5.82 Å². The zero-order valence-corrected chi connectivity index (χ0v) is 18.1. The molecule has 3 aromatic rings. The Morgan fingerprint density at radius 3 is 2.79 bits per heavy atom. The van der Waals surface area contributed by atoms with Crippen molar-refractivity contribution < 1.29 is 4.74 Å². The van der Waals surface area contributed by atoms with E-state index in [-0.39, 0.29) is 0 Å². The van der Waals surface area contributed by atoms with E-state index < -0.39 is 0 Å². The molecule has 7 heteroatoms. The molecule has 2 saturated heterocycles. The average molecular weight is 412 g/mol. The molecule has 6 nitrogen and oxygen atoms in total.